The van der Waals surface area contributed by atoms with Gasteiger partial charge in [-0.1, -0.05) is 30.4 Å². The molecule has 0 spiro atoms. The summed E-state index contributed by atoms with van der Waals surface area (Å²) in [5, 5.41) is 8.28. The number of rotatable bonds is 0. The number of fused-ring (bicyclic) bond motifs is 2. The SMILES string of the molecule is C=C1CCCC2=Nc3ccccc3C(=N)C12. The third-order valence-corrected chi connectivity index (χ3v) is 3.42. The van der Waals surface area contributed by atoms with Gasteiger partial charge in [0.15, 0.2) is 0 Å². The second kappa shape index (κ2) is 3.41. The van der Waals surface area contributed by atoms with E-state index in [0.29, 0.717) is 5.71 Å². The predicted molar refractivity (Wildman–Crippen MR) is 66.8 cm³/mol. The van der Waals surface area contributed by atoms with Gasteiger partial charge in [0.05, 0.1) is 17.3 Å². The van der Waals surface area contributed by atoms with E-state index in [4.69, 9.17) is 5.41 Å². The number of aliphatic imine (C=N–C) groups is 1. The first-order valence-electron chi connectivity index (χ1n) is 5.70. The highest BCUT2D eigenvalue weighted by molar-refractivity contribution is 6.21. The van der Waals surface area contributed by atoms with Crippen molar-refractivity contribution in [2.75, 3.05) is 0 Å². The lowest BCUT2D eigenvalue weighted by Crippen LogP contribution is -2.31. The van der Waals surface area contributed by atoms with E-state index in [2.05, 4.69) is 11.6 Å². The zero-order chi connectivity index (χ0) is 11.1. The van der Waals surface area contributed by atoms with Crippen molar-refractivity contribution in [3.05, 3.63) is 42.0 Å². The van der Waals surface area contributed by atoms with Gasteiger partial charge in [0, 0.05) is 11.3 Å². The van der Waals surface area contributed by atoms with Crippen LogP contribution >= 0.6 is 0 Å². The minimum atomic E-state index is 0.0867. The average Bonchev–Trinajstić information content (AvgIpc) is 2.29. The van der Waals surface area contributed by atoms with Gasteiger partial charge < -0.3 is 5.41 Å². The van der Waals surface area contributed by atoms with Crippen molar-refractivity contribution in [2.45, 2.75) is 19.3 Å². The second-order valence-electron chi connectivity index (χ2n) is 4.48. The summed E-state index contributed by atoms with van der Waals surface area (Å²) in [4.78, 5) is 4.68. The molecule has 1 atom stereocenters. The minimum Gasteiger partial charge on any atom is -0.304 e. The Morgan fingerprint density at radius 1 is 1.25 bits per heavy atom. The Balaban J connectivity index is 2.17. The fraction of sp³-hybridized carbons (Fsp3) is 0.286. The normalized spacial score (nSPS) is 23.5. The van der Waals surface area contributed by atoms with Gasteiger partial charge in [-0.25, -0.2) is 0 Å². The minimum absolute atomic E-state index is 0.0867. The van der Waals surface area contributed by atoms with E-state index in [9.17, 15) is 0 Å². The first-order valence-corrected chi connectivity index (χ1v) is 5.70. The molecule has 2 heteroatoms. The van der Waals surface area contributed by atoms with Crippen molar-refractivity contribution in [1.29, 1.82) is 5.41 Å². The Labute approximate surface area is 95.2 Å². The van der Waals surface area contributed by atoms with Crippen LogP contribution in [0.2, 0.25) is 0 Å². The summed E-state index contributed by atoms with van der Waals surface area (Å²) in [6.07, 6.45) is 3.18. The average molecular weight is 210 g/mol. The summed E-state index contributed by atoms with van der Waals surface area (Å²) in [5.74, 6) is 0.0867. The van der Waals surface area contributed by atoms with Crippen LogP contribution in [0, 0.1) is 11.3 Å². The van der Waals surface area contributed by atoms with Crippen molar-refractivity contribution in [2.24, 2.45) is 10.9 Å². The Bertz CT molecular complexity index is 511. The zero-order valence-electron chi connectivity index (χ0n) is 9.16. The summed E-state index contributed by atoms with van der Waals surface area (Å²) >= 11 is 0. The maximum Gasteiger partial charge on any atom is 0.0720 e. The lowest BCUT2D eigenvalue weighted by atomic mass is 9.76. The highest BCUT2D eigenvalue weighted by Crippen LogP contribution is 2.36. The van der Waals surface area contributed by atoms with Crippen LogP contribution in [-0.2, 0) is 0 Å². The fourth-order valence-corrected chi connectivity index (χ4v) is 2.62. The van der Waals surface area contributed by atoms with E-state index in [-0.39, 0.29) is 5.92 Å². The summed E-state index contributed by atoms with van der Waals surface area (Å²) in [7, 11) is 0. The van der Waals surface area contributed by atoms with Gasteiger partial charge >= 0.3 is 0 Å². The molecular weight excluding hydrogens is 196 g/mol. The molecule has 0 saturated heterocycles. The highest BCUT2D eigenvalue weighted by atomic mass is 14.8. The molecule has 16 heavy (non-hydrogen) atoms. The van der Waals surface area contributed by atoms with Crippen LogP contribution in [-0.4, -0.2) is 11.4 Å². The van der Waals surface area contributed by atoms with Gasteiger partial charge in [-0.2, -0.15) is 0 Å². The van der Waals surface area contributed by atoms with Gasteiger partial charge in [0.1, 0.15) is 0 Å². The molecule has 1 aliphatic heterocycles. The van der Waals surface area contributed by atoms with Crippen molar-refractivity contribution < 1.29 is 0 Å². The number of allylic oxidation sites excluding steroid dienone is 1. The standard InChI is InChI=1S/C14H14N2/c1-9-5-4-8-12-13(9)14(15)10-6-2-3-7-11(10)16-12/h2-3,6-7,13,15H,1,4-5,8H2. The van der Waals surface area contributed by atoms with Crippen molar-refractivity contribution in [1.82, 2.24) is 0 Å². The molecule has 2 nitrogen and oxygen atoms in total. The van der Waals surface area contributed by atoms with E-state index >= 15 is 0 Å². The third kappa shape index (κ3) is 1.26. The Morgan fingerprint density at radius 2 is 2.06 bits per heavy atom. The molecule has 0 amide bonds. The molecule has 1 fully saturated rings. The van der Waals surface area contributed by atoms with Crippen LogP contribution in [0.15, 0.2) is 41.4 Å². The molecule has 0 radical (unpaired) electrons. The summed E-state index contributed by atoms with van der Waals surface area (Å²) in [6, 6.07) is 7.93. The molecule has 3 rings (SSSR count). The molecule has 1 aliphatic carbocycles. The molecule has 1 N–H and O–H groups in total. The van der Waals surface area contributed by atoms with Crippen molar-refractivity contribution in [3.8, 4) is 0 Å². The summed E-state index contributed by atoms with van der Waals surface area (Å²) in [5.41, 5.74) is 4.91. The smallest absolute Gasteiger partial charge is 0.0720 e. The topological polar surface area (TPSA) is 36.2 Å². The van der Waals surface area contributed by atoms with Gasteiger partial charge in [0.25, 0.3) is 0 Å². The fourth-order valence-electron chi connectivity index (χ4n) is 2.62. The van der Waals surface area contributed by atoms with E-state index in [0.717, 1.165) is 41.8 Å². The number of hydrogen-bond acceptors (Lipinski definition) is 2. The maximum atomic E-state index is 8.28. The van der Waals surface area contributed by atoms with Crippen molar-refractivity contribution in [3.63, 3.8) is 0 Å². The number of hydrogen-bond donors (Lipinski definition) is 1. The molecule has 1 heterocycles. The molecule has 1 aromatic rings. The number of benzene rings is 1. The van der Waals surface area contributed by atoms with Gasteiger partial charge in [-0.05, 0) is 25.3 Å². The number of nitrogens with one attached hydrogen (secondary N) is 1. The lowest BCUT2D eigenvalue weighted by molar-refractivity contribution is 0.746. The predicted octanol–water partition coefficient (Wildman–Crippen LogP) is 3.50. The summed E-state index contributed by atoms with van der Waals surface area (Å²) < 4.78 is 0. The lowest BCUT2D eigenvalue weighted by Gasteiger charge is -2.31. The van der Waals surface area contributed by atoms with Gasteiger partial charge in [-0.3, -0.25) is 4.99 Å². The third-order valence-electron chi connectivity index (χ3n) is 3.42. The molecule has 1 aromatic carbocycles. The summed E-state index contributed by atoms with van der Waals surface area (Å²) in [6.45, 7) is 4.10. The highest BCUT2D eigenvalue weighted by Gasteiger charge is 2.32. The zero-order valence-corrected chi connectivity index (χ0v) is 9.16. The number of para-hydroxylation sites is 1. The Hall–Kier alpha value is -1.70. The Kier molecular flexibility index (Phi) is 2.03. The van der Waals surface area contributed by atoms with E-state index in [1.54, 1.807) is 0 Å². The van der Waals surface area contributed by atoms with Crippen molar-refractivity contribution >= 4 is 17.1 Å². The molecule has 1 unspecified atom stereocenters. The van der Waals surface area contributed by atoms with Crippen LogP contribution in [0.1, 0.15) is 24.8 Å². The molecule has 2 aliphatic rings. The molecule has 0 bridgehead atoms. The first kappa shape index (κ1) is 9.52. The van der Waals surface area contributed by atoms with E-state index < -0.39 is 0 Å². The molecule has 0 aromatic heterocycles. The van der Waals surface area contributed by atoms with Crippen LogP contribution in [0.4, 0.5) is 5.69 Å². The van der Waals surface area contributed by atoms with Crippen LogP contribution in [0.25, 0.3) is 0 Å². The number of nitrogens with zero attached hydrogens (tertiary/aromatic N) is 1. The van der Waals surface area contributed by atoms with Gasteiger partial charge in [-0.15, -0.1) is 0 Å². The molecular formula is C14H14N2. The van der Waals surface area contributed by atoms with Crippen LogP contribution in [0.3, 0.4) is 0 Å². The second-order valence-corrected chi connectivity index (χ2v) is 4.48. The van der Waals surface area contributed by atoms with Gasteiger partial charge in [0.2, 0.25) is 0 Å². The van der Waals surface area contributed by atoms with E-state index in [1.165, 1.54) is 0 Å². The largest absolute Gasteiger partial charge is 0.304 e. The quantitative estimate of drug-likeness (QED) is 0.636. The monoisotopic (exact) mass is 210 g/mol. The Morgan fingerprint density at radius 3 is 2.94 bits per heavy atom. The van der Waals surface area contributed by atoms with Crippen LogP contribution < -0.4 is 0 Å². The van der Waals surface area contributed by atoms with Crippen LogP contribution in [0.5, 0.6) is 0 Å². The molecule has 80 valence electrons. The first-order chi connectivity index (χ1) is 7.77. The van der Waals surface area contributed by atoms with E-state index in [1.807, 2.05) is 24.3 Å². The maximum absolute atomic E-state index is 8.28. The molecule has 1 saturated carbocycles.